The molecule has 2 aromatic rings. The first-order valence-electron chi connectivity index (χ1n) is 8.30. The molecule has 0 unspecified atom stereocenters. The van der Waals surface area contributed by atoms with Crippen molar-refractivity contribution in [3.05, 3.63) is 58.0 Å². The largest absolute Gasteiger partial charge is 0.324 e. The van der Waals surface area contributed by atoms with E-state index in [0.29, 0.717) is 16.4 Å². The van der Waals surface area contributed by atoms with Gasteiger partial charge >= 0.3 is 0 Å². The van der Waals surface area contributed by atoms with E-state index in [2.05, 4.69) is 31.6 Å². The average Bonchev–Trinajstić information content (AvgIpc) is 3.17. The highest BCUT2D eigenvalue weighted by Gasteiger charge is 2.55. The smallest absolute Gasteiger partial charge is 0.263 e. The van der Waals surface area contributed by atoms with E-state index >= 15 is 0 Å². The van der Waals surface area contributed by atoms with Crippen LogP contribution in [0.15, 0.2) is 63.3 Å². The molecule has 0 spiro atoms. The first-order valence-corrected chi connectivity index (χ1v) is 9.47. The zero-order valence-corrected chi connectivity index (χ0v) is 16.6. The zero-order valence-electron chi connectivity index (χ0n) is 14.3. The second kappa shape index (κ2) is 7.33. The minimum atomic E-state index is -0.966. The molecule has 0 saturated carbocycles. The maximum absolute atomic E-state index is 12.9. The van der Waals surface area contributed by atoms with Crippen LogP contribution < -0.4 is 10.2 Å². The molecule has 1 fully saturated rings. The van der Waals surface area contributed by atoms with E-state index in [0.717, 1.165) is 9.37 Å². The topological polar surface area (TPSA) is 94.4 Å². The lowest BCUT2D eigenvalue weighted by molar-refractivity contribution is -0.123. The molecule has 10 heteroatoms. The number of rotatable bonds is 4. The van der Waals surface area contributed by atoms with Gasteiger partial charge in [0, 0.05) is 15.2 Å². The molecule has 2 atom stereocenters. The van der Waals surface area contributed by atoms with Crippen molar-refractivity contribution in [1.82, 2.24) is 5.01 Å². The Hall–Kier alpha value is -2.78. The van der Waals surface area contributed by atoms with Gasteiger partial charge in [-0.15, -0.1) is 0 Å². The van der Waals surface area contributed by atoms with E-state index in [1.54, 1.807) is 42.5 Å². The second-order valence-electron chi connectivity index (χ2n) is 6.24. The highest BCUT2D eigenvalue weighted by Crippen LogP contribution is 2.32. The summed E-state index contributed by atoms with van der Waals surface area (Å²) in [5, 5.41) is 12.1. The quantitative estimate of drug-likeness (QED) is 0.707. The van der Waals surface area contributed by atoms with Crippen LogP contribution in [0.3, 0.4) is 0 Å². The molecule has 0 bridgehead atoms. The third-order valence-corrected chi connectivity index (χ3v) is 5.12. The Bertz CT molecular complexity index is 997. The maximum Gasteiger partial charge on any atom is 0.263 e. The lowest BCUT2D eigenvalue weighted by Gasteiger charge is -2.20. The van der Waals surface area contributed by atoms with Crippen molar-refractivity contribution >= 4 is 56.6 Å². The van der Waals surface area contributed by atoms with Crippen molar-refractivity contribution in [2.75, 3.05) is 16.8 Å². The number of fused-ring (bicyclic) bond motifs is 1. The lowest BCUT2D eigenvalue weighted by atomic mass is 10.1. The van der Waals surface area contributed by atoms with Gasteiger partial charge in [-0.25, -0.2) is 4.90 Å². The van der Waals surface area contributed by atoms with E-state index in [1.165, 1.54) is 11.1 Å². The van der Waals surface area contributed by atoms with Gasteiger partial charge in [0.25, 0.3) is 11.8 Å². The number of nitrogens with one attached hydrogen (secondary N) is 1. The van der Waals surface area contributed by atoms with Gasteiger partial charge in [0.15, 0.2) is 12.1 Å². The highest BCUT2D eigenvalue weighted by atomic mass is 79.9. The number of imide groups is 1. The van der Waals surface area contributed by atoms with Crippen molar-refractivity contribution in [3.8, 4) is 0 Å². The molecule has 1 N–H and O–H groups in total. The van der Waals surface area contributed by atoms with E-state index in [1.807, 2.05) is 0 Å². The summed E-state index contributed by atoms with van der Waals surface area (Å²) in [6.45, 7) is -0.205. The van der Waals surface area contributed by atoms with Crippen LogP contribution >= 0.6 is 27.5 Å². The standard InChI is InChI=1S/C18H13BrClN5O3/c19-10-4-6-12(7-5-10)21-14(26)9-24-16-15(22-23-24)17(27)25(18(16)28)13-3-1-2-11(20)8-13/h1-8,15-16H,9H2,(H,21,26)/t15-,16-/m0/s1. The van der Waals surface area contributed by atoms with Gasteiger partial charge in [0.05, 0.1) is 5.69 Å². The van der Waals surface area contributed by atoms with E-state index in [-0.39, 0.29) is 12.5 Å². The predicted octanol–water partition coefficient (Wildman–Crippen LogP) is 3.03. The summed E-state index contributed by atoms with van der Waals surface area (Å²) in [5.41, 5.74) is 0.974. The van der Waals surface area contributed by atoms with Crippen LogP contribution in [-0.4, -0.2) is 41.4 Å². The number of carbonyl (C=O) groups is 3. The first kappa shape index (κ1) is 18.6. The van der Waals surface area contributed by atoms with E-state index < -0.39 is 23.9 Å². The number of nitrogens with zero attached hydrogens (tertiary/aromatic N) is 4. The summed E-state index contributed by atoms with van der Waals surface area (Å²) in [4.78, 5) is 38.9. The van der Waals surface area contributed by atoms with Gasteiger partial charge in [0.2, 0.25) is 5.91 Å². The maximum atomic E-state index is 12.9. The molecule has 1 saturated heterocycles. The normalized spacial score (nSPS) is 20.6. The summed E-state index contributed by atoms with van der Waals surface area (Å²) in [5.74, 6) is -1.35. The molecule has 8 nitrogen and oxygen atoms in total. The molecule has 0 radical (unpaired) electrons. The van der Waals surface area contributed by atoms with Crippen molar-refractivity contribution in [3.63, 3.8) is 0 Å². The molecule has 2 heterocycles. The van der Waals surface area contributed by atoms with Crippen LogP contribution in [0.4, 0.5) is 11.4 Å². The molecule has 4 rings (SSSR count). The van der Waals surface area contributed by atoms with Crippen molar-refractivity contribution in [2.45, 2.75) is 12.1 Å². The Kier molecular flexibility index (Phi) is 4.86. The lowest BCUT2D eigenvalue weighted by Crippen LogP contribution is -2.43. The van der Waals surface area contributed by atoms with Gasteiger partial charge in [0.1, 0.15) is 6.54 Å². The first-order chi connectivity index (χ1) is 13.4. The number of amides is 3. The Balaban J connectivity index is 1.49. The molecule has 28 heavy (non-hydrogen) atoms. The van der Waals surface area contributed by atoms with E-state index in [9.17, 15) is 14.4 Å². The van der Waals surface area contributed by atoms with Crippen LogP contribution in [0.5, 0.6) is 0 Å². The summed E-state index contributed by atoms with van der Waals surface area (Å²) in [7, 11) is 0. The number of halogens is 2. The van der Waals surface area contributed by atoms with Crippen molar-refractivity contribution in [2.24, 2.45) is 10.3 Å². The highest BCUT2D eigenvalue weighted by molar-refractivity contribution is 9.10. The number of carbonyl (C=O) groups excluding carboxylic acids is 3. The average molecular weight is 463 g/mol. The number of hydrogen-bond donors (Lipinski definition) is 1. The molecule has 0 aromatic heterocycles. The fourth-order valence-corrected chi connectivity index (χ4v) is 3.55. The minimum absolute atomic E-state index is 0.205. The zero-order chi connectivity index (χ0) is 19.8. The van der Waals surface area contributed by atoms with Crippen LogP contribution in [0.2, 0.25) is 5.02 Å². The Labute approximate surface area is 173 Å². The van der Waals surface area contributed by atoms with Crippen LogP contribution in [-0.2, 0) is 14.4 Å². The predicted molar refractivity (Wildman–Crippen MR) is 106 cm³/mol. The molecule has 142 valence electrons. The molecule has 2 aliphatic heterocycles. The van der Waals surface area contributed by atoms with Gasteiger partial charge in [-0.1, -0.05) is 38.8 Å². The van der Waals surface area contributed by atoms with Crippen molar-refractivity contribution < 1.29 is 14.4 Å². The summed E-state index contributed by atoms with van der Waals surface area (Å²) >= 11 is 9.29. The SMILES string of the molecule is O=C(CN1N=N[C@@H]2C(=O)N(c3cccc(Cl)c3)C(=O)[C@H]21)Nc1ccc(Br)cc1. The minimum Gasteiger partial charge on any atom is -0.324 e. The summed E-state index contributed by atoms with van der Waals surface area (Å²) in [6.07, 6.45) is 0. The van der Waals surface area contributed by atoms with Gasteiger partial charge in [-0.2, -0.15) is 5.11 Å². The Morgan fingerprint density at radius 2 is 1.89 bits per heavy atom. The third-order valence-electron chi connectivity index (χ3n) is 4.36. The molecular formula is C18H13BrClN5O3. The van der Waals surface area contributed by atoms with Crippen LogP contribution in [0.1, 0.15) is 0 Å². The van der Waals surface area contributed by atoms with Gasteiger partial charge < -0.3 is 5.32 Å². The van der Waals surface area contributed by atoms with Crippen LogP contribution in [0, 0.1) is 0 Å². The fraction of sp³-hybridized carbons (Fsp3) is 0.167. The molecule has 0 aliphatic carbocycles. The van der Waals surface area contributed by atoms with Gasteiger partial charge in [-0.05, 0) is 42.5 Å². The third kappa shape index (κ3) is 3.38. The molecule has 2 aliphatic rings. The second-order valence-corrected chi connectivity index (χ2v) is 7.59. The van der Waals surface area contributed by atoms with Crippen molar-refractivity contribution in [1.29, 1.82) is 0 Å². The number of anilines is 2. The van der Waals surface area contributed by atoms with E-state index in [4.69, 9.17) is 11.6 Å². The Morgan fingerprint density at radius 1 is 1.14 bits per heavy atom. The molecule has 3 amide bonds. The fourth-order valence-electron chi connectivity index (χ4n) is 3.10. The molecule has 2 aromatic carbocycles. The van der Waals surface area contributed by atoms with Gasteiger partial charge in [-0.3, -0.25) is 19.4 Å². The Morgan fingerprint density at radius 3 is 2.61 bits per heavy atom. The summed E-state index contributed by atoms with van der Waals surface area (Å²) in [6, 6.07) is 11.6. The number of hydrogen-bond acceptors (Lipinski definition) is 6. The number of benzene rings is 2. The van der Waals surface area contributed by atoms with Crippen LogP contribution in [0.25, 0.3) is 0 Å². The summed E-state index contributed by atoms with van der Waals surface area (Å²) < 4.78 is 0.887. The molecular weight excluding hydrogens is 450 g/mol. The monoisotopic (exact) mass is 461 g/mol.